The van der Waals surface area contributed by atoms with Crippen LogP contribution in [0.15, 0.2) is 10.2 Å². The molecule has 56 valence electrons. The normalized spacial score (nSPS) is 20.4. The number of rotatable bonds is 1. The lowest BCUT2D eigenvalue weighted by atomic mass is 10.3. The standard InChI is InChI=1S/C6H12N4/c7-6(8)10-9-5-3-1-2-4-5/h5H,1-4H2,(H3,7,8). The van der Waals surface area contributed by atoms with E-state index in [0.29, 0.717) is 6.04 Å². The van der Waals surface area contributed by atoms with Gasteiger partial charge in [0.25, 0.3) is 0 Å². The molecule has 0 aliphatic heterocycles. The summed E-state index contributed by atoms with van der Waals surface area (Å²) in [6, 6.07) is 0.337. The first-order chi connectivity index (χ1) is 4.79. The van der Waals surface area contributed by atoms with Crippen molar-refractivity contribution in [2.24, 2.45) is 16.0 Å². The van der Waals surface area contributed by atoms with E-state index in [0.717, 1.165) is 12.8 Å². The minimum atomic E-state index is -0.188. The molecule has 0 bridgehead atoms. The van der Waals surface area contributed by atoms with E-state index in [9.17, 15) is 0 Å². The molecule has 0 amide bonds. The van der Waals surface area contributed by atoms with E-state index in [2.05, 4.69) is 10.2 Å². The highest BCUT2D eigenvalue weighted by Gasteiger charge is 2.13. The van der Waals surface area contributed by atoms with E-state index in [1.807, 2.05) is 0 Å². The molecule has 0 saturated heterocycles. The zero-order valence-corrected chi connectivity index (χ0v) is 5.88. The van der Waals surface area contributed by atoms with E-state index in [1.54, 1.807) is 0 Å². The molecule has 4 heteroatoms. The highest BCUT2D eigenvalue weighted by atomic mass is 15.2. The van der Waals surface area contributed by atoms with Crippen molar-refractivity contribution in [1.82, 2.24) is 0 Å². The Bertz CT molecular complexity index is 146. The van der Waals surface area contributed by atoms with Crippen LogP contribution in [0.25, 0.3) is 0 Å². The van der Waals surface area contributed by atoms with Crippen LogP contribution >= 0.6 is 0 Å². The number of hydrogen-bond donors (Lipinski definition) is 2. The van der Waals surface area contributed by atoms with Gasteiger partial charge in [0, 0.05) is 0 Å². The first-order valence-corrected chi connectivity index (χ1v) is 3.54. The van der Waals surface area contributed by atoms with Gasteiger partial charge in [0.15, 0.2) is 0 Å². The van der Waals surface area contributed by atoms with Gasteiger partial charge in [-0.3, -0.25) is 5.41 Å². The van der Waals surface area contributed by atoms with E-state index in [1.165, 1.54) is 12.8 Å². The summed E-state index contributed by atoms with van der Waals surface area (Å²) in [7, 11) is 0. The minimum Gasteiger partial charge on any atom is -0.367 e. The van der Waals surface area contributed by atoms with Crippen molar-refractivity contribution in [3.63, 3.8) is 0 Å². The average molecular weight is 140 g/mol. The molecule has 1 aliphatic rings. The third-order valence-corrected chi connectivity index (χ3v) is 1.65. The predicted molar refractivity (Wildman–Crippen MR) is 39.0 cm³/mol. The second-order valence-electron chi connectivity index (χ2n) is 2.54. The first kappa shape index (κ1) is 7.18. The van der Waals surface area contributed by atoms with Crippen LogP contribution in [0.2, 0.25) is 0 Å². The summed E-state index contributed by atoms with van der Waals surface area (Å²) in [5.74, 6) is -0.188. The van der Waals surface area contributed by atoms with E-state index in [4.69, 9.17) is 11.1 Å². The molecule has 0 atom stereocenters. The lowest BCUT2D eigenvalue weighted by molar-refractivity contribution is 0.672. The van der Waals surface area contributed by atoms with Crippen molar-refractivity contribution >= 4 is 5.96 Å². The molecule has 0 spiro atoms. The zero-order valence-electron chi connectivity index (χ0n) is 5.88. The van der Waals surface area contributed by atoms with Crippen molar-refractivity contribution in [2.75, 3.05) is 0 Å². The van der Waals surface area contributed by atoms with Gasteiger partial charge in [-0.05, 0) is 12.8 Å². The van der Waals surface area contributed by atoms with Gasteiger partial charge in [0.2, 0.25) is 5.96 Å². The van der Waals surface area contributed by atoms with Crippen molar-refractivity contribution in [2.45, 2.75) is 31.7 Å². The summed E-state index contributed by atoms with van der Waals surface area (Å²) in [5, 5.41) is 14.2. The maximum atomic E-state index is 6.78. The molecule has 0 heterocycles. The summed E-state index contributed by atoms with van der Waals surface area (Å²) in [5.41, 5.74) is 4.99. The SMILES string of the molecule is N=C(N)N=NC1CCCC1. The quantitative estimate of drug-likeness (QED) is 0.321. The third-order valence-electron chi connectivity index (χ3n) is 1.65. The maximum Gasteiger partial charge on any atom is 0.232 e. The van der Waals surface area contributed by atoms with Crippen LogP contribution in [0.1, 0.15) is 25.7 Å². The average Bonchev–Trinajstić information content (AvgIpc) is 2.34. The van der Waals surface area contributed by atoms with E-state index < -0.39 is 0 Å². The molecule has 1 rings (SSSR count). The van der Waals surface area contributed by atoms with Crippen LogP contribution in [-0.4, -0.2) is 12.0 Å². The fourth-order valence-electron chi connectivity index (χ4n) is 1.16. The van der Waals surface area contributed by atoms with Gasteiger partial charge < -0.3 is 5.73 Å². The Kier molecular flexibility index (Phi) is 2.36. The molecule has 10 heavy (non-hydrogen) atoms. The van der Waals surface area contributed by atoms with Crippen molar-refractivity contribution in [3.8, 4) is 0 Å². The minimum absolute atomic E-state index is 0.188. The van der Waals surface area contributed by atoms with Gasteiger partial charge >= 0.3 is 0 Å². The van der Waals surface area contributed by atoms with Crippen molar-refractivity contribution in [3.05, 3.63) is 0 Å². The highest BCUT2D eigenvalue weighted by Crippen LogP contribution is 2.20. The van der Waals surface area contributed by atoms with Crippen LogP contribution in [0.3, 0.4) is 0 Å². The summed E-state index contributed by atoms with van der Waals surface area (Å²) >= 11 is 0. The molecule has 0 aromatic carbocycles. The Balaban J connectivity index is 2.29. The lowest BCUT2D eigenvalue weighted by Crippen LogP contribution is -2.05. The molecule has 0 radical (unpaired) electrons. The zero-order chi connectivity index (χ0) is 7.40. The van der Waals surface area contributed by atoms with E-state index >= 15 is 0 Å². The van der Waals surface area contributed by atoms with Crippen molar-refractivity contribution in [1.29, 1.82) is 5.41 Å². The highest BCUT2D eigenvalue weighted by molar-refractivity contribution is 5.74. The molecule has 3 N–H and O–H groups in total. The Morgan fingerprint density at radius 3 is 2.50 bits per heavy atom. The number of nitrogens with two attached hydrogens (primary N) is 1. The number of hydrogen-bond acceptors (Lipinski definition) is 2. The summed E-state index contributed by atoms with van der Waals surface area (Å²) in [6.07, 6.45) is 4.69. The molecular formula is C6H12N4. The van der Waals surface area contributed by atoms with Crippen LogP contribution in [0.4, 0.5) is 0 Å². The van der Waals surface area contributed by atoms with Gasteiger partial charge in [-0.2, -0.15) is 5.11 Å². The smallest absolute Gasteiger partial charge is 0.232 e. The van der Waals surface area contributed by atoms with Crippen molar-refractivity contribution < 1.29 is 0 Å². The lowest BCUT2D eigenvalue weighted by Gasteiger charge is -1.96. The molecule has 4 nitrogen and oxygen atoms in total. The molecule has 1 saturated carbocycles. The summed E-state index contributed by atoms with van der Waals surface area (Å²) < 4.78 is 0. The van der Waals surface area contributed by atoms with Gasteiger partial charge in [0.1, 0.15) is 0 Å². The molecule has 1 aliphatic carbocycles. The Morgan fingerprint density at radius 1 is 1.40 bits per heavy atom. The summed E-state index contributed by atoms with van der Waals surface area (Å²) in [6.45, 7) is 0. The Morgan fingerprint density at radius 2 is 2.00 bits per heavy atom. The molecular weight excluding hydrogens is 128 g/mol. The molecule has 0 aromatic rings. The number of nitrogens with zero attached hydrogens (tertiary/aromatic N) is 2. The van der Waals surface area contributed by atoms with Gasteiger partial charge in [-0.1, -0.05) is 12.8 Å². The van der Waals surface area contributed by atoms with Gasteiger partial charge in [0.05, 0.1) is 6.04 Å². The number of nitrogens with one attached hydrogen (secondary N) is 1. The van der Waals surface area contributed by atoms with Crippen LogP contribution in [-0.2, 0) is 0 Å². The maximum absolute atomic E-state index is 6.78. The predicted octanol–water partition coefficient (Wildman–Crippen LogP) is 1.27. The molecule has 0 unspecified atom stereocenters. The molecule has 1 fully saturated rings. The largest absolute Gasteiger partial charge is 0.367 e. The number of guanidine groups is 1. The Hall–Kier alpha value is -0.930. The fourth-order valence-corrected chi connectivity index (χ4v) is 1.16. The van der Waals surface area contributed by atoms with Crippen LogP contribution in [0.5, 0.6) is 0 Å². The topological polar surface area (TPSA) is 74.6 Å². The van der Waals surface area contributed by atoms with E-state index in [-0.39, 0.29) is 5.96 Å². The second kappa shape index (κ2) is 3.29. The van der Waals surface area contributed by atoms with Gasteiger partial charge in [-0.25, -0.2) is 0 Å². The third kappa shape index (κ3) is 2.13. The van der Waals surface area contributed by atoms with Crippen LogP contribution < -0.4 is 5.73 Å². The Labute approximate surface area is 60.0 Å². The fraction of sp³-hybridized carbons (Fsp3) is 0.833. The first-order valence-electron chi connectivity index (χ1n) is 3.54. The van der Waals surface area contributed by atoms with Crippen LogP contribution in [0, 0.1) is 5.41 Å². The summed E-state index contributed by atoms with van der Waals surface area (Å²) in [4.78, 5) is 0. The number of azo groups is 1. The monoisotopic (exact) mass is 140 g/mol. The molecule has 0 aromatic heterocycles. The van der Waals surface area contributed by atoms with Gasteiger partial charge in [-0.15, -0.1) is 5.11 Å². The second-order valence-corrected chi connectivity index (χ2v) is 2.54.